The van der Waals surface area contributed by atoms with E-state index < -0.39 is 37.0 Å². The molecule has 7 nitrogen and oxygen atoms in total. The van der Waals surface area contributed by atoms with Crippen molar-refractivity contribution in [1.29, 1.82) is 0 Å². The Kier molecular flexibility index (Phi) is 6.24. The van der Waals surface area contributed by atoms with Gasteiger partial charge < -0.3 is 20.5 Å². The van der Waals surface area contributed by atoms with Crippen molar-refractivity contribution in [3.63, 3.8) is 0 Å². The van der Waals surface area contributed by atoms with Crippen LogP contribution in [-0.4, -0.2) is 37.0 Å². The van der Waals surface area contributed by atoms with Crippen molar-refractivity contribution in [3.05, 3.63) is 29.8 Å². The van der Waals surface area contributed by atoms with Gasteiger partial charge in [0.2, 0.25) is 0 Å². The average molecular weight is 316 g/mol. The van der Waals surface area contributed by atoms with E-state index in [1.807, 2.05) is 0 Å². The molecule has 0 spiro atoms. The third-order valence-corrected chi connectivity index (χ3v) is 2.45. The summed E-state index contributed by atoms with van der Waals surface area (Å²) in [5.74, 6) is -2.86. The van der Waals surface area contributed by atoms with Gasteiger partial charge in [0.15, 0.2) is 6.10 Å². The molecule has 1 rings (SSSR count). The Morgan fingerprint density at radius 3 is 2.50 bits per heavy atom. The molecule has 0 unspecified atom stereocenters. The predicted molar refractivity (Wildman–Crippen MR) is 70.2 cm³/mol. The van der Waals surface area contributed by atoms with Gasteiger partial charge in [0.25, 0.3) is 11.8 Å². The Balaban J connectivity index is 2.63. The van der Waals surface area contributed by atoms with Crippen molar-refractivity contribution < 1.29 is 32.6 Å². The first-order chi connectivity index (χ1) is 10.3. The number of hydrogen-bond acceptors (Lipinski definition) is 5. The summed E-state index contributed by atoms with van der Waals surface area (Å²) >= 11 is 0. The molecular formula is C13H14F2N2O5. The van der Waals surface area contributed by atoms with E-state index in [2.05, 4.69) is 14.8 Å². The first kappa shape index (κ1) is 17.3. The van der Waals surface area contributed by atoms with E-state index in [0.29, 0.717) is 0 Å². The number of carbonyl (C=O) groups excluding carboxylic acids is 3. The van der Waals surface area contributed by atoms with E-state index in [1.54, 1.807) is 0 Å². The highest BCUT2D eigenvalue weighted by Gasteiger charge is 2.18. The summed E-state index contributed by atoms with van der Waals surface area (Å²) < 4.78 is 33.3. The third kappa shape index (κ3) is 5.35. The molecule has 1 aromatic carbocycles. The second kappa shape index (κ2) is 7.91. The SMILES string of the molecule is C[C@H](OC(=O)CNC(=O)c1ccccc1OC(F)F)C(N)=O. The zero-order valence-corrected chi connectivity index (χ0v) is 11.5. The summed E-state index contributed by atoms with van der Waals surface area (Å²) in [6.45, 7) is -2.37. The molecule has 9 heteroatoms. The maximum Gasteiger partial charge on any atom is 0.387 e. The first-order valence-electron chi connectivity index (χ1n) is 6.12. The summed E-state index contributed by atoms with van der Waals surface area (Å²) in [4.78, 5) is 33.9. The Morgan fingerprint density at radius 2 is 1.91 bits per heavy atom. The van der Waals surface area contributed by atoms with Crippen LogP contribution < -0.4 is 15.8 Å². The van der Waals surface area contributed by atoms with Crippen LogP contribution in [0.3, 0.4) is 0 Å². The Morgan fingerprint density at radius 1 is 1.27 bits per heavy atom. The van der Waals surface area contributed by atoms with Crippen molar-refractivity contribution in [3.8, 4) is 5.75 Å². The van der Waals surface area contributed by atoms with E-state index >= 15 is 0 Å². The number of carbonyl (C=O) groups is 3. The molecule has 0 aliphatic rings. The molecule has 0 saturated carbocycles. The second-order valence-electron chi connectivity index (χ2n) is 4.09. The van der Waals surface area contributed by atoms with Crippen molar-refractivity contribution >= 4 is 17.8 Å². The Bertz CT molecular complexity index is 565. The fraction of sp³-hybridized carbons (Fsp3) is 0.308. The van der Waals surface area contributed by atoms with Crippen LogP contribution in [0.5, 0.6) is 5.75 Å². The van der Waals surface area contributed by atoms with Gasteiger partial charge in [-0.2, -0.15) is 8.78 Å². The smallest absolute Gasteiger partial charge is 0.387 e. The average Bonchev–Trinajstić information content (AvgIpc) is 2.44. The fourth-order valence-corrected chi connectivity index (χ4v) is 1.40. The Labute approximate surface area is 124 Å². The van der Waals surface area contributed by atoms with E-state index in [-0.39, 0.29) is 11.3 Å². The maximum absolute atomic E-state index is 12.2. The minimum absolute atomic E-state index is 0.168. The van der Waals surface area contributed by atoms with Crippen LogP contribution in [0.25, 0.3) is 0 Å². The quantitative estimate of drug-likeness (QED) is 0.710. The zero-order valence-electron chi connectivity index (χ0n) is 11.5. The number of ether oxygens (including phenoxy) is 2. The van der Waals surface area contributed by atoms with E-state index in [4.69, 9.17) is 5.73 Å². The topological polar surface area (TPSA) is 108 Å². The second-order valence-corrected chi connectivity index (χ2v) is 4.09. The van der Waals surface area contributed by atoms with Crippen LogP contribution in [0.4, 0.5) is 8.78 Å². The molecule has 0 aliphatic carbocycles. The van der Waals surface area contributed by atoms with Crippen LogP contribution >= 0.6 is 0 Å². The number of esters is 1. The lowest BCUT2D eigenvalue weighted by atomic mass is 10.2. The lowest BCUT2D eigenvalue weighted by Crippen LogP contribution is -2.36. The van der Waals surface area contributed by atoms with Gasteiger partial charge in [0.05, 0.1) is 5.56 Å². The number of nitrogens with two attached hydrogens (primary N) is 1. The molecule has 0 bridgehead atoms. The number of hydrogen-bond donors (Lipinski definition) is 2. The number of alkyl halides is 2. The molecule has 1 aromatic rings. The van der Waals surface area contributed by atoms with Crippen LogP contribution in [0.15, 0.2) is 24.3 Å². The lowest BCUT2D eigenvalue weighted by molar-refractivity contribution is -0.152. The van der Waals surface area contributed by atoms with Gasteiger partial charge in [-0.25, -0.2) is 0 Å². The number of primary amides is 1. The maximum atomic E-state index is 12.2. The Hall–Kier alpha value is -2.71. The standard InChI is InChI=1S/C13H14F2N2O5/c1-7(11(16)19)21-10(18)6-17-12(20)8-4-2-3-5-9(8)22-13(14)15/h2-5,7,13H,6H2,1H3,(H2,16,19)(H,17,20)/t7-/m0/s1. The molecule has 2 amide bonds. The van der Waals surface area contributed by atoms with Gasteiger partial charge in [0, 0.05) is 0 Å². The molecule has 0 aromatic heterocycles. The summed E-state index contributed by atoms with van der Waals surface area (Å²) in [5, 5.41) is 2.17. The first-order valence-corrected chi connectivity index (χ1v) is 6.12. The molecule has 1 atom stereocenters. The summed E-state index contributed by atoms with van der Waals surface area (Å²) in [7, 11) is 0. The summed E-state index contributed by atoms with van der Waals surface area (Å²) in [6.07, 6.45) is -1.14. The van der Waals surface area contributed by atoms with Gasteiger partial charge >= 0.3 is 12.6 Å². The summed E-state index contributed by atoms with van der Waals surface area (Å²) in [6, 6.07) is 5.30. The van der Waals surface area contributed by atoms with Gasteiger partial charge in [-0.3, -0.25) is 14.4 Å². The highest BCUT2D eigenvalue weighted by molar-refractivity contribution is 5.98. The molecule has 0 heterocycles. The minimum atomic E-state index is -3.09. The number of para-hydroxylation sites is 1. The van der Waals surface area contributed by atoms with Crippen molar-refractivity contribution in [2.24, 2.45) is 5.73 Å². The van der Waals surface area contributed by atoms with Gasteiger partial charge in [-0.1, -0.05) is 12.1 Å². The van der Waals surface area contributed by atoms with Crippen LogP contribution in [0, 0.1) is 0 Å². The molecule has 3 N–H and O–H groups in total. The molecule has 0 saturated heterocycles. The van der Waals surface area contributed by atoms with Crippen molar-refractivity contribution in [2.75, 3.05) is 6.54 Å². The van der Waals surface area contributed by atoms with E-state index in [0.717, 1.165) is 0 Å². The normalized spacial score (nSPS) is 11.6. The largest absolute Gasteiger partial charge is 0.451 e. The molecular weight excluding hydrogens is 302 g/mol. The van der Waals surface area contributed by atoms with Crippen LogP contribution in [-0.2, 0) is 14.3 Å². The third-order valence-electron chi connectivity index (χ3n) is 2.45. The van der Waals surface area contributed by atoms with E-state index in [1.165, 1.54) is 31.2 Å². The summed E-state index contributed by atoms with van der Waals surface area (Å²) in [5.41, 5.74) is 4.74. The van der Waals surface area contributed by atoms with E-state index in [9.17, 15) is 23.2 Å². The highest BCUT2D eigenvalue weighted by Crippen LogP contribution is 2.19. The number of halogens is 2. The number of rotatable bonds is 7. The van der Waals surface area contributed by atoms with Crippen molar-refractivity contribution in [2.45, 2.75) is 19.6 Å². The highest BCUT2D eigenvalue weighted by atomic mass is 19.3. The fourth-order valence-electron chi connectivity index (χ4n) is 1.40. The molecule has 0 radical (unpaired) electrons. The minimum Gasteiger partial charge on any atom is -0.451 e. The zero-order chi connectivity index (χ0) is 16.7. The van der Waals surface area contributed by atoms with Gasteiger partial charge in [-0.05, 0) is 19.1 Å². The van der Waals surface area contributed by atoms with Crippen LogP contribution in [0.1, 0.15) is 17.3 Å². The number of benzene rings is 1. The predicted octanol–water partition coefficient (Wildman–Crippen LogP) is 0.435. The number of amides is 2. The molecule has 0 aliphatic heterocycles. The monoisotopic (exact) mass is 316 g/mol. The van der Waals surface area contributed by atoms with Crippen LogP contribution in [0.2, 0.25) is 0 Å². The number of nitrogens with one attached hydrogen (secondary N) is 1. The molecule has 0 fully saturated rings. The molecule has 22 heavy (non-hydrogen) atoms. The lowest BCUT2D eigenvalue weighted by Gasteiger charge is -2.12. The van der Waals surface area contributed by atoms with Crippen molar-refractivity contribution in [1.82, 2.24) is 5.32 Å². The van der Waals surface area contributed by atoms with Gasteiger partial charge in [0.1, 0.15) is 12.3 Å². The molecule has 120 valence electrons. The van der Waals surface area contributed by atoms with Gasteiger partial charge in [-0.15, -0.1) is 0 Å².